The number of furan rings is 1. The Morgan fingerprint density at radius 3 is 2.79 bits per heavy atom. The number of ether oxygens (including phenoxy) is 3. The molecule has 28 heavy (non-hydrogen) atoms. The second-order valence-corrected chi connectivity index (χ2v) is 7.16. The van der Waals surface area contributed by atoms with E-state index in [1.165, 1.54) is 0 Å². The number of fused-ring (bicyclic) bond motifs is 2. The monoisotopic (exact) mass is 383 g/mol. The van der Waals surface area contributed by atoms with Crippen molar-refractivity contribution in [2.75, 3.05) is 27.0 Å². The summed E-state index contributed by atoms with van der Waals surface area (Å²) in [5, 5.41) is 11.4. The Balaban J connectivity index is 1.26. The predicted molar refractivity (Wildman–Crippen MR) is 105 cm³/mol. The van der Waals surface area contributed by atoms with Gasteiger partial charge in [0.25, 0.3) is 0 Å². The molecular formula is C22H25NO5. The molecule has 4 rings (SSSR count). The molecule has 2 atom stereocenters. The summed E-state index contributed by atoms with van der Waals surface area (Å²) >= 11 is 0. The minimum absolute atomic E-state index is 0.0518. The fourth-order valence-corrected chi connectivity index (χ4v) is 3.31. The molecule has 1 aromatic heterocycles. The van der Waals surface area contributed by atoms with Gasteiger partial charge in [-0.2, -0.15) is 0 Å². The number of likely N-dealkylation sites (N-methyl/N-ethyl adjacent to an activating group) is 1. The minimum Gasteiger partial charge on any atom is -0.459 e. The number of aliphatic hydroxyl groups excluding tert-OH is 1. The Bertz CT molecular complexity index is 905. The Hall–Kier alpha value is -2.54. The van der Waals surface area contributed by atoms with Gasteiger partial charge < -0.3 is 23.7 Å². The van der Waals surface area contributed by atoms with Gasteiger partial charge in [0.15, 0.2) is 11.5 Å². The van der Waals surface area contributed by atoms with Crippen molar-refractivity contribution in [3.05, 3.63) is 59.9 Å². The van der Waals surface area contributed by atoms with E-state index in [4.69, 9.17) is 18.6 Å². The Morgan fingerprint density at radius 1 is 1.11 bits per heavy atom. The van der Waals surface area contributed by atoms with Crippen LogP contribution in [0.25, 0.3) is 11.0 Å². The third kappa shape index (κ3) is 4.14. The van der Waals surface area contributed by atoms with Crippen LogP contribution in [0.3, 0.4) is 0 Å². The number of hydrogen-bond donors (Lipinski definition) is 1. The Kier molecular flexibility index (Phi) is 5.52. The van der Waals surface area contributed by atoms with Gasteiger partial charge in [0.2, 0.25) is 6.79 Å². The van der Waals surface area contributed by atoms with E-state index in [9.17, 15) is 5.11 Å². The maximum absolute atomic E-state index is 10.3. The van der Waals surface area contributed by atoms with Crippen LogP contribution in [0.1, 0.15) is 24.3 Å². The zero-order valence-corrected chi connectivity index (χ0v) is 16.1. The summed E-state index contributed by atoms with van der Waals surface area (Å²) in [5.41, 5.74) is 1.87. The molecule has 148 valence electrons. The van der Waals surface area contributed by atoms with E-state index in [0.29, 0.717) is 13.2 Å². The molecule has 2 unspecified atom stereocenters. The number of nitrogens with zero attached hydrogens (tertiary/aromatic N) is 1. The number of hydrogen-bond acceptors (Lipinski definition) is 6. The van der Waals surface area contributed by atoms with E-state index >= 15 is 0 Å². The van der Waals surface area contributed by atoms with Crippen molar-refractivity contribution in [2.45, 2.75) is 25.7 Å². The van der Waals surface area contributed by atoms with Gasteiger partial charge in [0.05, 0.1) is 25.4 Å². The molecule has 0 bridgehead atoms. The Labute approximate surface area is 164 Å². The molecule has 0 aliphatic carbocycles. The molecule has 6 nitrogen and oxygen atoms in total. The second kappa shape index (κ2) is 8.22. The van der Waals surface area contributed by atoms with E-state index in [0.717, 1.165) is 33.8 Å². The SMILES string of the molecule is CC(c1cc2ccccc2o1)N(C)CC(O)COCc1ccc2c(c1)OCO2. The quantitative estimate of drug-likeness (QED) is 0.639. The molecule has 0 saturated heterocycles. The zero-order chi connectivity index (χ0) is 19.5. The van der Waals surface area contributed by atoms with E-state index in [2.05, 4.69) is 17.9 Å². The van der Waals surface area contributed by atoms with Crippen molar-refractivity contribution in [1.82, 2.24) is 4.90 Å². The summed E-state index contributed by atoms with van der Waals surface area (Å²) in [5.74, 6) is 2.38. The average molecular weight is 383 g/mol. The summed E-state index contributed by atoms with van der Waals surface area (Å²) in [4.78, 5) is 2.06. The molecule has 1 aliphatic heterocycles. The highest BCUT2D eigenvalue weighted by atomic mass is 16.7. The second-order valence-electron chi connectivity index (χ2n) is 7.16. The topological polar surface area (TPSA) is 64.3 Å². The van der Waals surface area contributed by atoms with Gasteiger partial charge >= 0.3 is 0 Å². The molecule has 0 fully saturated rings. The van der Waals surface area contributed by atoms with Gasteiger partial charge in [-0.3, -0.25) is 4.90 Å². The lowest BCUT2D eigenvalue weighted by Gasteiger charge is -2.25. The first-order valence-electron chi connectivity index (χ1n) is 9.43. The van der Waals surface area contributed by atoms with Crippen molar-refractivity contribution in [1.29, 1.82) is 0 Å². The lowest BCUT2D eigenvalue weighted by molar-refractivity contribution is 0.00732. The average Bonchev–Trinajstić information content (AvgIpc) is 3.33. The summed E-state index contributed by atoms with van der Waals surface area (Å²) < 4.78 is 22.3. The first-order chi connectivity index (χ1) is 13.6. The molecule has 0 spiro atoms. The van der Waals surface area contributed by atoms with Gasteiger partial charge in [-0.05, 0) is 43.8 Å². The van der Waals surface area contributed by atoms with Crippen molar-refractivity contribution < 1.29 is 23.7 Å². The highest BCUT2D eigenvalue weighted by molar-refractivity contribution is 5.77. The van der Waals surface area contributed by atoms with Gasteiger partial charge in [-0.1, -0.05) is 24.3 Å². The standard InChI is InChI=1S/C22H25NO5/c1-15(21-10-17-5-3-4-6-19(17)28-21)23(2)11-18(24)13-25-12-16-7-8-20-22(9-16)27-14-26-20/h3-10,15,18,24H,11-14H2,1-2H3. The summed E-state index contributed by atoms with van der Waals surface area (Å²) in [7, 11) is 1.97. The minimum atomic E-state index is -0.592. The summed E-state index contributed by atoms with van der Waals surface area (Å²) in [6.45, 7) is 3.48. The molecule has 6 heteroatoms. The molecule has 0 saturated carbocycles. The van der Waals surface area contributed by atoms with Gasteiger partial charge in [0, 0.05) is 11.9 Å². The molecule has 1 N–H and O–H groups in total. The van der Waals surface area contributed by atoms with Crippen molar-refractivity contribution in [3.8, 4) is 11.5 Å². The fraction of sp³-hybridized carbons (Fsp3) is 0.364. The molecule has 2 heterocycles. The number of benzene rings is 2. The third-order valence-corrected chi connectivity index (χ3v) is 5.03. The van der Waals surface area contributed by atoms with Crippen molar-refractivity contribution >= 4 is 11.0 Å². The van der Waals surface area contributed by atoms with Crippen LogP contribution in [0.5, 0.6) is 11.5 Å². The van der Waals surface area contributed by atoms with Gasteiger partial charge in [0.1, 0.15) is 11.3 Å². The van der Waals surface area contributed by atoms with E-state index in [1.807, 2.05) is 49.5 Å². The largest absolute Gasteiger partial charge is 0.459 e. The first-order valence-corrected chi connectivity index (χ1v) is 9.43. The molecule has 1 aliphatic rings. The van der Waals surface area contributed by atoms with Crippen LogP contribution in [0.4, 0.5) is 0 Å². The highest BCUT2D eigenvalue weighted by Crippen LogP contribution is 2.32. The maximum Gasteiger partial charge on any atom is 0.231 e. The molecule has 0 radical (unpaired) electrons. The van der Waals surface area contributed by atoms with Gasteiger partial charge in [-0.15, -0.1) is 0 Å². The predicted octanol–water partition coefficient (Wildman–Crippen LogP) is 3.73. The van der Waals surface area contributed by atoms with Crippen molar-refractivity contribution in [3.63, 3.8) is 0 Å². The van der Waals surface area contributed by atoms with Crippen LogP contribution in [0.15, 0.2) is 52.9 Å². The highest BCUT2D eigenvalue weighted by Gasteiger charge is 2.19. The number of aliphatic hydroxyl groups is 1. The maximum atomic E-state index is 10.3. The smallest absolute Gasteiger partial charge is 0.231 e. The van der Waals surface area contributed by atoms with E-state index < -0.39 is 6.10 Å². The van der Waals surface area contributed by atoms with Crippen LogP contribution in [-0.2, 0) is 11.3 Å². The van der Waals surface area contributed by atoms with Crippen LogP contribution in [0.2, 0.25) is 0 Å². The number of rotatable bonds is 8. The summed E-state index contributed by atoms with van der Waals surface area (Å²) in [6.07, 6.45) is -0.592. The first kappa shape index (κ1) is 18.8. The third-order valence-electron chi connectivity index (χ3n) is 5.03. The van der Waals surface area contributed by atoms with E-state index in [1.54, 1.807) is 0 Å². The Morgan fingerprint density at radius 2 is 1.93 bits per heavy atom. The van der Waals surface area contributed by atoms with E-state index in [-0.39, 0.29) is 19.4 Å². The normalized spacial score (nSPS) is 15.3. The van der Waals surface area contributed by atoms with Crippen LogP contribution in [-0.4, -0.2) is 43.1 Å². The van der Waals surface area contributed by atoms with Crippen LogP contribution < -0.4 is 9.47 Å². The lowest BCUT2D eigenvalue weighted by Crippen LogP contribution is -2.33. The van der Waals surface area contributed by atoms with Gasteiger partial charge in [-0.25, -0.2) is 0 Å². The fourth-order valence-electron chi connectivity index (χ4n) is 3.31. The lowest BCUT2D eigenvalue weighted by atomic mass is 10.2. The van der Waals surface area contributed by atoms with Crippen molar-refractivity contribution in [2.24, 2.45) is 0 Å². The summed E-state index contributed by atoms with van der Waals surface area (Å²) in [6, 6.07) is 15.8. The molecular weight excluding hydrogens is 358 g/mol. The van der Waals surface area contributed by atoms with Crippen LogP contribution in [0, 0.1) is 0 Å². The van der Waals surface area contributed by atoms with Crippen LogP contribution >= 0.6 is 0 Å². The molecule has 2 aromatic carbocycles. The molecule has 3 aromatic rings. The number of para-hydroxylation sites is 1. The zero-order valence-electron chi connectivity index (χ0n) is 16.1. The molecule has 0 amide bonds.